The minimum atomic E-state index is -3.58. The van der Waals surface area contributed by atoms with Crippen molar-refractivity contribution in [3.63, 3.8) is 0 Å². The molecule has 0 aliphatic carbocycles. The van der Waals surface area contributed by atoms with Crippen LogP contribution >= 0.6 is 0 Å². The number of aliphatic hydroxyl groups excluding tert-OH is 1. The van der Waals surface area contributed by atoms with E-state index in [1.807, 2.05) is 6.92 Å². The summed E-state index contributed by atoms with van der Waals surface area (Å²) in [6.07, 6.45) is 2.25. The van der Waals surface area contributed by atoms with Crippen LogP contribution < -0.4 is 0 Å². The Balaban J connectivity index is 2.92. The summed E-state index contributed by atoms with van der Waals surface area (Å²) in [5.41, 5.74) is 0. The number of sulfonamides is 1. The Morgan fingerprint density at radius 3 is 2.69 bits per heavy atom. The smallest absolute Gasteiger partial charge is 0.261 e. The quantitative estimate of drug-likeness (QED) is 0.788. The average molecular weight is 247 g/mol. The van der Waals surface area contributed by atoms with Crippen LogP contribution in [0, 0.1) is 0 Å². The predicted molar refractivity (Wildman–Crippen MR) is 59.4 cm³/mol. The molecular formula is C9H17N3O3S. The molecule has 1 atom stereocenters. The molecule has 0 bridgehead atoms. The molecule has 7 heteroatoms. The van der Waals surface area contributed by atoms with E-state index >= 15 is 0 Å². The molecule has 0 fully saturated rings. The van der Waals surface area contributed by atoms with E-state index in [0.717, 1.165) is 4.31 Å². The lowest BCUT2D eigenvalue weighted by Gasteiger charge is -2.16. The summed E-state index contributed by atoms with van der Waals surface area (Å²) in [6, 6.07) is 0. The first-order valence-electron chi connectivity index (χ1n) is 5.04. The lowest BCUT2D eigenvalue weighted by molar-refractivity contribution is 0.171. The van der Waals surface area contributed by atoms with Gasteiger partial charge in [-0.3, -0.25) is 0 Å². The first-order valence-corrected chi connectivity index (χ1v) is 6.48. The van der Waals surface area contributed by atoms with Crippen molar-refractivity contribution in [1.29, 1.82) is 0 Å². The lowest BCUT2D eigenvalue weighted by Crippen LogP contribution is -2.33. The molecule has 0 amide bonds. The summed E-state index contributed by atoms with van der Waals surface area (Å²) in [4.78, 5) is 3.84. The molecule has 1 rings (SSSR count). The van der Waals surface area contributed by atoms with Crippen molar-refractivity contribution in [2.45, 2.75) is 31.5 Å². The van der Waals surface area contributed by atoms with Crippen LogP contribution in [0.15, 0.2) is 17.6 Å². The maximum absolute atomic E-state index is 11.9. The van der Waals surface area contributed by atoms with Gasteiger partial charge >= 0.3 is 0 Å². The molecule has 1 heterocycles. The number of imidazole rings is 1. The Kier molecular flexibility index (Phi) is 4.06. The molecule has 0 aliphatic rings. The van der Waals surface area contributed by atoms with Crippen LogP contribution in [0.1, 0.15) is 13.8 Å². The molecule has 0 spiro atoms. The van der Waals surface area contributed by atoms with E-state index in [9.17, 15) is 8.42 Å². The minimum Gasteiger partial charge on any atom is -0.392 e. The third-order valence-corrected chi connectivity index (χ3v) is 3.88. The van der Waals surface area contributed by atoms with Crippen molar-refractivity contribution in [3.8, 4) is 0 Å². The highest BCUT2D eigenvalue weighted by Crippen LogP contribution is 2.11. The highest BCUT2D eigenvalue weighted by molar-refractivity contribution is 7.89. The van der Waals surface area contributed by atoms with E-state index in [0.29, 0.717) is 6.54 Å². The monoisotopic (exact) mass is 247 g/mol. The third-order valence-electron chi connectivity index (χ3n) is 2.17. The van der Waals surface area contributed by atoms with Gasteiger partial charge in [0.15, 0.2) is 5.03 Å². The van der Waals surface area contributed by atoms with Crippen LogP contribution in [-0.2, 0) is 16.6 Å². The molecule has 0 saturated heterocycles. The van der Waals surface area contributed by atoms with Crippen molar-refractivity contribution < 1.29 is 13.5 Å². The molecule has 92 valence electrons. The maximum atomic E-state index is 11.9. The van der Waals surface area contributed by atoms with E-state index in [-0.39, 0.29) is 11.6 Å². The second-order valence-electron chi connectivity index (χ2n) is 3.68. The fourth-order valence-corrected chi connectivity index (χ4v) is 2.46. The van der Waals surface area contributed by atoms with Crippen LogP contribution in [0.5, 0.6) is 0 Å². The summed E-state index contributed by atoms with van der Waals surface area (Å²) in [5.74, 6) is 0. The van der Waals surface area contributed by atoms with Crippen LogP contribution in [0.2, 0.25) is 0 Å². The predicted octanol–water partition coefficient (Wildman–Crippen LogP) is -0.0957. The summed E-state index contributed by atoms with van der Waals surface area (Å²) in [6.45, 7) is 4.16. The van der Waals surface area contributed by atoms with Crippen molar-refractivity contribution in [3.05, 3.63) is 12.5 Å². The van der Waals surface area contributed by atoms with E-state index in [2.05, 4.69) is 4.98 Å². The van der Waals surface area contributed by atoms with Gasteiger partial charge in [-0.2, -0.15) is 4.31 Å². The van der Waals surface area contributed by atoms with E-state index in [4.69, 9.17) is 5.11 Å². The minimum absolute atomic E-state index is 0.0116. The van der Waals surface area contributed by atoms with Gasteiger partial charge in [-0.15, -0.1) is 0 Å². The largest absolute Gasteiger partial charge is 0.392 e. The van der Waals surface area contributed by atoms with Crippen LogP contribution in [0.25, 0.3) is 0 Å². The number of likely N-dealkylation sites (N-methyl/N-ethyl adjacent to an activating group) is 1. The Hall–Kier alpha value is -0.920. The summed E-state index contributed by atoms with van der Waals surface area (Å²) in [5, 5.41) is 9.16. The van der Waals surface area contributed by atoms with Crippen LogP contribution in [-0.4, -0.2) is 47.1 Å². The Bertz CT molecular complexity index is 439. The van der Waals surface area contributed by atoms with E-state index in [1.54, 1.807) is 4.57 Å². The van der Waals surface area contributed by atoms with Gasteiger partial charge in [-0.05, 0) is 13.8 Å². The van der Waals surface area contributed by atoms with Gasteiger partial charge in [0.25, 0.3) is 10.0 Å². The maximum Gasteiger partial charge on any atom is 0.261 e. The zero-order chi connectivity index (χ0) is 12.3. The van der Waals surface area contributed by atoms with Gasteiger partial charge in [0, 0.05) is 26.3 Å². The van der Waals surface area contributed by atoms with Crippen molar-refractivity contribution in [1.82, 2.24) is 13.9 Å². The molecule has 0 saturated carbocycles. The van der Waals surface area contributed by atoms with Gasteiger partial charge in [-0.25, -0.2) is 13.4 Å². The van der Waals surface area contributed by atoms with Gasteiger partial charge in [0.2, 0.25) is 0 Å². The number of aryl methyl sites for hydroxylation is 1. The number of nitrogens with zero attached hydrogens (tertiary/aromatic N) is 3. The molecule has 0 aliphatic heterocycles. The summed E-state index contributed by atoms with van der Waals surface area (Å²) in [7, 11) is -2.16. The Morgan fingerprint density at radius 1 is 1.62 bits per heavy atom. The topological polar surface area (TPSA) is 75.4 Å². The van der Waals surface area contributed by atoms with Crippen molar-refractivity contribution in [2.75, 3.05) is 13.6 Å². The normalized spacial score (nSPS) is 14.3. The summed E-state index contributed by atoms with van der Waals surface area (Å²) >= 11 is 0. The Labute approximate surface area is 95.6 Å². The highest BCUT2D eigenvalue weighted by Gasteiger charge is 2.24. The van der Waals surface area contributed by atoms with Gasteiger partial charge in [0.1, 0.15) is 0 Å². The van der Waals surface area contributed by atoms with Gasteiger partial charge in [-0.1, -0.05) is 0 Å². The SMILES string of the molecule is CCn1cnc(S(=O)(=O)N(C)CC(C)O)c1. The van der Waals surface area contributed by atoms with E-state index in [1.165, 1.54) is 26.5 Å². The fraction of sp³-hybridized carbons (Fsp3) is 0.667. The molecule has 1 N–H and O–H groups in total. The molecule has 1 unspecified atom stereocenters. The molecule has 6 nitrogen and oxygen atoms in total. The first kappa shape index (κ1) is 13.1. The second-order valence-corrected chi connectivity index (χ2v) is 5.67. The molecular weight excluding hydrogens is 230 g/mol. The zero-order valence-electron chi connectivity index (χ0n) is 9.66. The first-order chi connectivity index (χ1) is 7.37. The average Bonchev–Trinajstić information content (AvgIpc) is 2.65. The third kappa shape index (κ3) is 2.81. The van der Waals surface area contributed by atoms with Crippen molar-refractivity contribution >= 4 is 10.0 Å². The fourth-order valence-electron chi connectivity index (χ4n) is 1.28. The van der Waals surface area contributed by atoms with Gasteiger partial charge in [0.05, 0.1) is 12.4 Å². The Morgan fingerprint density at radius 2 is 2.25 bits per heavy atom. The number of hydrogen-bond donors (Lipinski definition) is 1. The molecule has 0 radical (unpaired) electrons. The molecule has 1 aromatic rings. The second kappa shape index (κ2) is 4.94. The van der Waals surface area contributed by atoms with Crippen LogP contribution in [0.4, 0.5) is 0 Å². The number of aliphatic hydroxyl groups is 1. The van der Waals surface area contributed by atoms with Crippen molar-refractivity contribution in [2.24, 2.45) is 0 Å². The van der Waals surface area contributed by atoms with Gasteiger partial charge < -0.3 is 9.67 Å². The standard InChI is InChI=1S/C9H17N3O3S/c1-4-12-6-9(10-7-12)16(14,15)11(3)5-8(2)13/h6-8,13H,4-5H2,1-3H3. The van der Waals surface area contributed by atoms with Crippen LogP contribution in [0.3, 0.4) is 0 Å². The molecule has 0 aromatic carbocycles. The zero-order valence-corrected chi connectivity index (χ0v) is 10.5. The molecule has 16 heavy (non-hydrogen) atoms. The number of aromatic nitrogens is 2. The highest BCUT2D eigenvalue weighted by atomic mass is 32.2. The molecule has 1 aromatic heterocycles. The lowest BCUT2D eigenvalue weighted by atomic mass is 10.4. The van der Waals surface area contributed by atoms with E-state index < -0.39 is 16.1 Å². The number of rotatable bonds is 5. The summed E-state index contributed by atoms with van der Waals surface area (Å²) < 4.78 is 26.7. The number of hydrogen-bond acceptors (Lipinski definition) is 4.